The zero-order chi connectivity index (χ0) is 54.0. The predicted molar refractivity (Wildman–Crippen MR) is 331 cm³/mol. The molecule has 0 aromatic heterocycles. The van der Waals surface area contributed by atoms with Crippen LogP contribution in [0.2, 0.25) is 0 Å². The summed E-state index contributed by atoms with van der Waals surface area (Å²) in [7, 11) is 0. The van der Waals surface area contributed by atoms with E-state index in [0.29, 0.717) is 26.1 Å². The smallest absolute Gasteiger partial charge is 0.305 e. The van der Waals surface area contributed by atoms with Crippen LogP contribution in [0.1, 0.15) is 407 Å². The van der Waals surface area contributed by atoms with Crippen LogP contribution in [0.5, 0.6) is 0 Å². The molecule has 0 aromatic carbocycles. The van der Waals surface area contributed by atoms with Gasteiger partial charge in [-0.3, -0.25) is 9.59 Å². The number of ether oxygens (including phenoxy) is 2. The number of carbonyl (C=O) groups is 2. The van der Waals surface area contributed by atoms with Crippen LogP contribution in [-0.4, -0.2) is 25.2 Å². The van der Waals surface area contributed by atoms with Crippen LogP contribution in [0.3, 0.4) is 0 Å². The standard InChI is InChI=1S/C35H70O2.C35H68O2/c1-4-5-6-7-8-9-10-11-14-17-20-23-26-29-32-35(36)37-33-30-27-24-21-18-15-12-13-16-19-22-25-28-31-34(2)3;1-3-5-7-9-11-13-15-17-19-20-22-24-26-28-30-32-34-37-35(36)33-31-29-27-25-23-21-18-16-14-12-10-8-6-4-2/h34H,4-33H2,1-3H3;17,19H,3-16,18,20-34H2,1-2H3/b;19-17+. The molecular formula is C70H138O4. The summed E-state index contributed by atoms with van der Waals surface area (Å²) in [5.41, 5.74) is 0. The van der Waals surface area contributed by atoms with Crippen molar-refractivity contribution in [2.45, 2.75) is 407 Å². The minimum Gasteiger partial charge on any atom is -0.466 e. The number of allylic oxidation sites excluding steroid dienone is 2. The minimum absolute atomic E-state index is 0.0201. The molecule has 4 heteroatoms. The first-order valence-corrected chi connectivity index (χ1v) is 34.4. The molecule has 0 unspecified atom stereocenters. The summed E-state index contributed by atoms with van der Waals surface area (Å²) in [5, 5.41) is 0. The number of carbonyl (C=O) groups excluding carboxylic acids is 2. The van der Waals surface area contributed by atoms with Crippen molar-refractivity contribution in [2.24, 2.45) is 5.92 Å². The summed E-state index contributed by atoms with van der Waals surface area (Å²) in [6, 6.07) is 0. The Morgan fingerprint density at radius 2 is 0.473 bits per heavy atom. The first kappa shape index (κ1) is 74.8. The van der Waals surface area contributed by atoms with Gasteiger partial charge >= 0.3 is 11.9 Å². The Kier molecular flexibility index (Phi) is 70.4. The third kappa shape index (κ3) is 72.8. The third-order valence-corrected chi connectivity index (χ3v) is 15.6. The molecule has 0 heterocycles. The molecule has 0 aliphatic heterocycles. The lowest BCUT2D eigenvalue weighted by molar-refractivity contribution is -0.144. The maximum absolute atomic E-state index is 11.9. The van der Waals surface area contributed by atoms with Gasteiger partial charge < -0.3 is 9.47 Å². The Hall–Kier alpha value is -1.32. The summed E-state index contributed by atoms with van der Waals surface area (Å²) >= 11 is 0. The molecule has 74 heavy (non-hydrogen) atoms. The second-order valence-electron chi connectivity index (χ2n) is 23.8. The van der Waals surface area contributed by atoms with E-state index in [1.807, 2.05) is 0 Å². The van der Waals surface area contributed by atoms with Gasteiger partial charge in [0.1, 0.15) is 0 Å². The third-order valence-electron chi connectivity index (χ3n) is 15.6. The lowest BCUT2D eigenvalue weighted by Crippen LogP contribution is -2.05. The van der Waals surface area contributed by atoms with Crippen molar-refractivity contribution in [3.63, 3.8) is 0 Å². The number of rotatable bonds is 62. The number of esters is 2. The summed E-state index contributed by atoms with van der Waals surface area (Å²) < 4.78 is 10.9. The Labute approximate surface area is 467 Å². The first-order chi connectivity index (χ1) is 36.5. The van der Waals surface area contributed by atoms with E-state index in [2.05, 4.69) is 46.8 Å². The Morgan fingerprint density at radius 3 is 0.716 bits per heavy atom. The average Bonchev–Trinajstić information content (AvgIpc) is 3.39. The fraction of sp³-hybridized carbons (Fsp3) is 0.943. The van der Waals surface area contributed by atoms with Crippen molar-refractivity contribution in [2.75, 3.05) is 13.2 Å². The van der Waals surface area contributed by atoms with Gasteiger partial charge in [0.05, 0.1) is 13.2 Å². The molecule has 0 radical (unpaired) electrons. The second kappa shape index (κ2) is 69.7. The van der Waals surface area contributed by atoms with Crippen LogP contribution in [0.15, 0.2) is 12.2 Å². The molecule has 4 nitrogen and oxygen atoms in total. The zero-order valence-electron chi connectivity index (χ0n) is 51.8. The molecule has 0 aliphatic rings. The maximum atomic E-state index is 11.9. The van der Waals surface area contributed by atoms with Gasteiger partial charge in [-0.1, -0.05) is 355 Å². The second-order valence-corrected chi connectivity index (χ2v) is 23.8. The predicted octanol–water partition coefficient (Wildman–Crippen LogP) is 25.0. The molecule has 0 N–H and O–H groups in total. The topological polar surface area (TPSA) is 52.6 Å². The molecule has 0 fully saturated rings. The van der Waals surface area contributed by atoms with Gasteiger partial charge in [0.25, 0.3) is 0 Å². The van der Waals surface area contributed by atoms with Gasteiger partial charge in [0.15, 0.2) is 0 Å². The molecule has 0 bridgehead atoms. The highest BCUT2D eigenvalue weighted by molar-refractivity contribution is 5.69. The Morgan fingerprint density at radius 1 is 0.270 bits per heavy atom. The molecule has 0 saturated carbocycles. The number of hydrogen-bond donors (Lipinski definition) is 0. The highest BCUT2D eigenvalue weighted by Gasteiger charge is 2.05. The van der Waals surface area contributed by atoms with Gasteiger partial charge in [-0.2, -0.15) is 0 Å². The zero-order valence-corrected chi connectivity index (χ0v) is 51.8. The van der Waals surface area contributed by atoms with E-state index in [-0.39, 0.29) is 11.9 Å². The van der Waals surface area contributed by atoms with E-state index in [1.54, 1.807) is 0 Å². The van der Waals surface area contributed by atoms with E-state index in [9.17, 15) is 9.59 Å². The van der Waals surface area contributed by atoms with Crippen molar-refractivity contribution in [3.8, 4) is 0 Å². The fourth-order valence-electron chi connectivity index (χ4n) is 10.4. The highest BCUT2D eigenvalue weighted by atomic mass is 16.5. The molecular weight excluding hydrogens is 905 g/mol. The van der Waals surface area contributed by atoms with E-state index in [4.69, 9.17) is 9.47 Å². The normalized spacial score (nSPS) is 11.5. The van der Waals surface area contributed by atoms with Crippen LogP contribution in [0.4, 0.5) is 0 Å². The molecule has 0 atom stereocenters. The molecule has 0 rings (SSSR count). The quantitative estimate of drug-likeness (QED) is 0.0346. The summed E-state index contributed by atoms with van der Waals surface area (Å²) in [6.45, 7) is 12.8. The SMILES string of the molecule is CCCCCCCC/C=C/CCCCCCCCOC(=O)CCCCCCCCCCCCCCCC.CCCCCCCCCCCCCCCCC(=O)OCCCCCCCCCCCCCCCC(C)C. The van der Waals surface area contributed by atoms with Gasteiger partial charge in [-0.15, -0.1) is 0 Å². The first-order valence-electron chi connectivity index (χ1n) is 34.4. The van der Waals surface area contributed by atoms with E-state index < -0.39 is 0 Å². The van der Waals surface area contributed by atoms with Crippen LogP contribution in [0.25, 0.3) is 0 Å². The summed E-state index contributed by atoms with van der Waals surface area (Å²) in [5.74, 6) is 0.921. The Bertz CT molecular complexity index is 1050. The van der Waals surface area contributed by atoms with Gasteiger partial charge in [-0.25, -0.2) is 0 Å². The number of unbranched alkanes of at least 4 members (excludes halogenated alkanes) is 50. The van der Waals surface area contributed by atoms with Crippen molar-refractivity contribution in [1.29, 1.82) is 0 Å². The van der Waals surface area contributed by atoms with Crippen molar-refractivity contribution >= 4 is 11.9 Å². The van der Waals surface area contributed by atoms with Gasteiger partial charge in [-0.05, 0) is 57.3 Å². The monoisotopic (exact) mass is 1040 g/mol. The van der Waals surface area contributed by atoms with Crippen LogP contribution >= 0.6 is 0 Å². The molecule has 442 valence electrons. The van der Waals surface area contributed by atoms with E-state index in [1.165, 1.54) is 334 Å². The van der Waals surface area contributed by atoms with Gasteiger partial charge in [0, 0.05) is 12.8 Å². The lowest BCUT2D eigenvalue weighted by atomic mass is 10.0. The van der Waals surface area contributed by atoms with Crippen molar-refractivity contribution < 1.29 is 19.1 Å². The molecule has 0 spiro atoms. The van der Waals surface area contributed by atoms with Crippen molar-refractivity contribution in [1.82, 2.24) is 0 Å². The largest absolute Gasteiger partial charge is 0.466 e. The minimum atomic E-state index is 0.0201. The average molecular weight is 1040 g/mol. The van der Waals surface area contributed by atoms with E-state index in [0.717, 1.165) is 31.6 Å². The van der Waals surface area contributed by atoms with E-state index >= 15 is 0 Å². The van der Waals surface area contributed by atoms with Crippen LogP contribution in [-0.2, 0) is 19.1 Å². The summed E-state index contributed by atoms with van der Waals surface area (Å²) in [4.78, 5) is 23.8. The molecule has 0 saturated heterocycles. The van der Waals surface area contributed by atoms with Gasteiger partial charge in [0.2, 0.25) is 0 Å². The maximum Gasteiger partial charge on any atom is 0.305 e. The highest BCUT2D eigenvalue weighted by Crippen LogP contribution is 2.18. The van der Waals surface area contributed by atoms with Crippen LogP contribution < -0.4 is 0 Å². The molecule has 0 aromatic rings. The molecule has 0 aliphatic carbocycles. The van der Waals surface area contributed by atoms with Crippen molar-refractivity contribution in [3.05, 3.63) is 12.2 Å². The number of hydrogen-bond acceptors (Lipinski definition) is 4. The fourth-order valence-corrected chi connectivity index (χ4v) is 10.4. The summed E-state index contributed by atoms with van der Waals surface area (Å²) in [6.07, 6.45) is 81.3. The lowest BCUT2D eigenvalue weighted by Gasteiger charge is -2.06. The Balaban J connectivity index is 0. The molecule has 0 amide bonds. The van der Waals surface area contributed by atoms with Crippen LogP contribution in [0, 0.1) is 5.92 Å².